The van der Waals surface area contributed by atoms with Crippen LogP contribution in [0.5, 0.6) is 0 Å². The van der Waals surface area contributed by atoms with Gasteiger partial charge in [-0.1, -0.05) is 36.4 Å². The molecule has 0 saturated heterocycles. The SMILES string of the molecule is COC(=O)/C=C/C[C@H](NC(=O)CCc1ccccc1)C(=O)OC. The lowest BCUT2D eigenvalue weighted by Gasteiger charge is -2.14. The molecule has 0 aliphatic heterocycles. The van der Waals surface area contributed by atoms with E-state index in [1.807, 2.05) is 30.3 Å². The molecule has 6 heteroatoms. The van der Waals surface area contributed by atoms with Crippen LogP contribution in [0, 0.1) is 0 Å². The van der Waals surface area contributed by atoms with Gasteiger partial charge in [-0.25, -0.2) is 9.59 Å². The Balaban J connectivity index is 2.52. The Labute approximate surface area is 135 Å². The third-order valence-corrected chi connectivity index (χ3v) is 3.13. The number of aryl methyl sites for hydroxylation is 1. The van der Waals surface area contributed by atoms with Gasteiger partial charge in [-0.05, 0) is 18.4 Å². The zero-order valence-corrected chi connectivity index (χ0v) is 13.3. The predicted molar refractivity (Wildman–Crippen MR) is 84.5 cm³/mol. The van der Waals surface area contributed by atoms with Crippen LogP contribution in [-0.2, 0) is 30.3 Å². The maximum Gasteiger partial charge on any atom is 0.330 e. The summed E-state index contributed by atoms with van der Waals surface area (Å²) in [4.78, 5) is 34.6. The van der Waals surface area contributed by atoms with E-state index in [0.29, 0.717) is 6.42 Å². The summed E-state index contributed by atoms with van der Waals surface area (Å²) >= 11 is 0. The van der Waals surface area contributed by atoms with Crippen LogP contribution in [-0.4, -0.2) is 38.1 Å². The molecule has 0 radical (unpaired) electrons. The number of hydrogen-bond donors (Lipinski definition) is 1. The van der Waals surface area contributed by atoms with Crippen molar-refractivity contribution in [1.29, 1.82) is 0 Å². The summed E-state index contributed by atoms with van der Waals surface area (Å²) in [6, 6.07) is 8.76. The number of nitrogens with one attached hydrogen (secondary N) is 1. The fourth-order valence-electron chi connectivity index (χ4n) is 1.89. The summed E-state index contributed by atoms with van der Waals surface area (Å²) in [5, 5.41) is 2.61. The lowest BCUT2D eigenvalue weighted by molar-refractivity contribution is -0.145. The largest absolute Gasteiger partial charge is 0.467 e. The average molecular weight is 319 g/mol. The maximum absolute atomic E-state index is 12.0. The molecular formula is C17H21NO5. The zero-order chi connectivity index (χ0) is 17.1. The van der Waals surface area contributed by atoms with Crippen molar-refractivity contribution in [2.24, 2.45) is 0 Å². The highest BCUT2D eigenvalue weighted by atomic mass is 16.5. The van der Waals surface area contributed by atoms with Crippen LogP contribution in [0.4, 0.5) is 0 Å². The number of amides is 1. The number of rotatable bonds is 8. The summed E-state index contributed by atoms with van der Waals surface area (Å²) in [6.45, 7) is 0. The van der Waals surface area contributed by atoms with Gasteiger partial charge in [0, 0.05) is 12.5 Å². The highest BCUT2D eigenvalue weighted by Gasteiger charge is 2.20. The normalized spacial score (nSPS) is 11.7. The van der Waals surface area contributed by atoms with E-state index in [2.05, 4.69) is 14.8 Å². The van der Waals surface area contributed by atoms with Crippen molar-refractivity contribution >= 4 is 17.8 Å². The first kappa shape index (κ1) is 18.4. The Kier molecular flexibility index (Phi) is 8.13. The first-order valence-electron chi connectivity index (χ1n) is 7.22. The molecule has 0 aliphatic rings. The molecule has 1 aromatic carbocycles. The zero-order valence-electron chi connectivity index (χ0n) is 13.3. The molecule has 124 valence electrons. The van der Waals surface area contributed by atoms with Crippen molar-refractivity contribution < 1.29 is 23.9 Å². The minimum absolute atomic E-state index is 0.152. The van der Waals surface area contributed by atoms with E-state index in [1.165, 1.54) is 26.4 Å². The van der Waals surface area contributed by atoms with Crippen molar-refractivity contribution in [3.63, 3.8) is 0 Å². The second-order valence-corrected chi connectivity index (χ2v) is 4.79. The second kappa shape index (κ2) is 10.2. The number of methoxy groups -OCH3 is 2. The topological polar surface area (TPSA) is 81.7 Å². The number of carbonyl (C=O) groups is 3. The predicted octanol–water partition coefficient (Wildman–Crippen LogP) is 1.40. The highest BCUT2D eigenvalue weighted by molar-refractivity contribution is 5.85. The van der Waals surface area contributed by atoms with Gasteiger partial charge >= 0.3 is 11.9 Å². The van der Waals surface area contributed by atoms with Crippen LogP contribution in [0.15, 0.2) is 42.5 Å². The van der Waals surface area contributed by atoms with E-state index in [9.17, 15) is 14.4 Å². The fraction of sp³-hybridized carbons (Fsp3) is 0.353. The van der Waals surface area contributed by atoms with Gasteiger partial charge in [0.05, 0.1) is 14.2 Å². The number of carbonyl (C=O) groups excluding carboxylic acids is 3. The molecule has 1 atom stereocenters. The Bertz CT molecular complexity index is 553. The van der Waals surface area contributed by atoms with Gasteiger partial charge in [0.1, 0.15) is 6.04 Å². The van der Waals surface area contributed by atoms with Crippen LogP contribution in [0.3, 0.4) is 0 Å². The summed E-state index contributed by atoms with van der Waals surface area (Å²) < 4.78 is 9.11. The smallest absolute Gasteiger partial charge is 0.330 e. The van der Waals surface area contributed by atoms with E-state index < -0.39 is 18.0 Å². The van der Waals surface area contributed by atoms with E-state index >= 15 is 0 Å². The second-order valence-electron chi connectivity index (χ2n) is 4.79. The molecular weight excluding hydrogens is 298 g/mol. The molecule has 1 amide bonds. The van der Waals surface area contributed by atoms with E-state index in [0.717, 1.165) is 5.56 Å². The first-order valence-corrected chi connectivity index (χ1v) is 7.22. The molecule has 0 spiro atoms. The molecule has 0 bridgehead atoms. The number of ether oxygens (including phenoxy) is 2. The molecule has 1 rings (SSSR count). The number of benzene rings is 1. The molecule has 0 aliphatic carbocycles. The van der Waals surface area contributed by atoms with Crippen LogP contribution in [0.1, 0.15) is 18.4 Å². The van der Waals surface area contributed by atoms with Crippen LogP contribution in [0.2, 0.25) is 0 Å². The van der Waals surface area contributed by atoms with Crippen LogP contribution < -0.4 is 5.32 Å². The van der Waals surface area contributed by atoms with Crippen LogP contribution in [0.25, 0.3) is 0 Å². The fourth-order valence-corrected chi connectivity index (χ4v) is 1.89. The van der Waals surface area contributed by atoms with Crippen molar-refractivity contribution in [2.75, 3.05) is 14.2 Å². The van der Waals surface area contributed by atoms with E-state index in [4.69, 9.17) is 0 Å². The lowest BCUT2D eigenvalue weighted by atomic mass is 10.1. The van der Waals surface area contributed by atoms with E-state index in [-0.39, 0.29) is 18.7 Å². The van der Waals surface area contributed by atoms with Gasteiger partial charge < -0.3 is 14.8 Å². The third-order valence-electron chi connectivity index (χ3n) is 3.13. The van der Waals surface area contributed by atoms with Gasteiger partial charge in [0.2, 0.25) is 5.91 Å². The summed E-state index contributed by atoms with van der Waals surface area (Å²) in [5.74, 6) is -1.34. The Morgan fingerprint density at radius 3 is 2.43 bits per heavy atom. The molecule has 0 aromatic heterocycles. The van der Waals surface area contributed by atoms with E-state index in [1.54, 1.807) is 0 Å². The Morgan fingerprint density at radius 1 is 1.13 bits per heavy atom. The monoisotopic (exact) mass is 319 g/mol. The lowest BCUT2D eigenvalue weighted by Crippen LogP contribution is -2.41. The minimum atomic E-state index is -0.829. The molecule has 1 N–H and O–H groups in total. The van der Waals surface area contributed by atoms with Gasteiger partial charge in [0.25, 0.3) is 0 Å². The molecule has 23 heavy (non-hydrogen) atoms. The number of hydrogen-bond acceptors (Lipinski definition) is 5. The van der Waals surface area contributed by atoms with Crippen molar-refractivity contribution in [3.8, 4) is 0 Å². The first-order chi connectivity index (χ1) is 11.1. The Hall–Kier alpha value is -2.63. The molecule has 6 nitrogen and oxygen atoms in total. The maximum atomic E-state index is 12.0. The Morgan fingerprint density at radius 2 is 1.83 bits per heavy atom. The molecule has 1 aromatic rings. The van der Waals surface area contributed by atoms with Crippen molar-refractivity contribution in [1.82, 2.24) is 5.32 Å². The van der Waals surface area contributed by atoms with Crippen molar-refractivity contribution in [2.45, 2.75) is 25.3 Å². The molecule has 0 unspecified atom stereocenters. The summed E-state index contributed by atoms with van der Waals surface area (Å²) in [6.07, 6.45) is 3.66. The molecule has 0 heterocycles. The van der Waals surface area contributed by atoms with Gasteiger partial charge in [-0.2, -0.15) is 0 Å². The van der Waals surface area contributed by atoms with Gasteiger partial charge in [-0.3, -0.25) is 4.79 Å². The molecule has 0 fully saturated rings. The van der Waals surface area contributed by atoms with Gasteiger partial charge in [-0.15, -0.1) is 0 Å². The van der Waals surface area contributed by atoms with Crippen LogP contribution >= 0.6 is 0 Å². The number of esters is 2. The highest BCUT2D eigenvalue weighted by Crippen LogP contribution is 2.04. The van der Waals surface area contributed by atoms with Gasteiger partial charge in [0.15, 0.2) is 0 Å². The van der Waals surface area contributed by atoms with Crippen molar-refractivity contribution in [3.05, 3.63) is 48.0 Å². The standard InChI is InChI=1S/C17H21NO5/c1-22-16(20)10-6-9-14(17(21)23-2)18-15(19)12-11-13-7-4-3-5-8-13/h3-8,10,14H,9,11-12H2,1-2H3,(H,18,19)/b10-6+/t14-/m0/s1. The average Bonchev–Trinajstić information content (AvgIpc) is 2.59. The minimum Gasteiger partial charge on any atom is -0.467 e. The summed E-state index contributed by atoms with van der Waals surface area (Å²) in [5.41, 5.74) is 1.04. The quantitative estimate of drug-likeness (QED) is 0.578. The summed E-state index contributed by atoms with van der Waals surface area (Å²) in [7, 11) is 2.51. The third kappa shape index (κ3) is 7.26. The molecule has 0 saturated carbocycles.